The van der Waals surface area contributed by atoms with Crippen LogP contribution in [0.25, 0.3) is 0 Å². The van der Waals surface area contributed by atoms with Gasteiger partial charge < -0.3 is 31.5 Å². The molecule has 134 valence electrons. The van der Waals surface area contributed by atoms with Gasteiger partial charge in [0.25, 0.3) is 0 Å². The van der Waals surface area contributed by atoms with Gasteiger partial charge in [0.1, 0.15) is 30.6 Å². The van der Waals surface area contributed by atoms with Gasteiger partial charge in [-0.05, 0) is 19.4 Å². The molecule has 1 aliphatic heterocycles. The van der Waals surface area contributed by atoms with Crippen molar-refractivity contribution in [2.75, 3.05) is 13.2 Å². The summed E-state index contributed by atoms with van der Waals surface area (Å²) in [5.74, 6) is -1.08. The highest BCUT2D eigenvalue weighted by atomic mass is 16.5. The Morgan fingerprint density at radius 3 is 2.35 bits per heavy atom. The van der Waals surface area contributed by atoms with E-state index in [2.05, 4.69) is 0 Å². The van der Waals surface area contributed by atoms with Crippen molar-refractivity contribution in [3.05, 3.63) is 0 Å². The predicted octanol–water partition coefficient (Wildman–Crippen LogP) is -2.35. The molecule has 1 aliphatic rings. The highest BCUT2D eigenvalue weighted by Crippen LogP contribution is 2.24. The van der Waals surface area contributed by atoms with Crippen LogP contribution in [0.15, 0.2) is 0 Å². The zero-order valence-electron chi connectivity index (χ0n) is 13.3. The first-order valence-corrected chi connectivity index (χ1v) is 7.75. The minimum absolute atomic E-state index is 0.106. The van der Waals surface area contributed by atoms with Gasteiger partial charge in [-0.1, -0.05) is 6.42 Å². The molecule has 0 unspecified atom stereocenters. The fraction of sp³-hybridized carbons (Fsp3) is 0.857. The van der Waals surface area contributed by atoms with Gasteiger partial charge in [0, 0.05) is 13.3 Å². The summed E-state index contributed by atoms with van der Waals surface area (Å²) in [6, 6.07) is -1.20. The first kappa shape index (κ1) is 19.9. The van der Waals surface area contributed by atoms with E-state index in [0.29, 0.717) is 13.0 Å². The highest BCUT2D eigenvalue weighted by Gasteiger charge is 2.47. The van der Waals surface area contributed by atoms with Crippen LogP contribution in [-0.2, 0) is 14.3 Å². The van der Waals surface area contributed by atoms with E-state index in [1.807, 2.05) is 0 Å². The average molecular weight is 333 g/mol. The molecule has 1 fully saturated rings. The zero-order chi connectivity index (χ0) is 17.6. The van der Waals surface area contributed by atoms with Crippen molar-refractivity contribution in [1.29, 1.82) is 0 Å². The molecule has 0 spiro atoms. The van der Waals surface area contributed by atoms with Crippen LogP contribution in [0.2, 0.25) is 0 Å². The maximum Gasteiger partial charge on any atom is 0.229 e. The minimum Gasteiger partial charge on any atom is -0.394 e. The van der Waals surface area contributed by atoms with Crippen molar-refractivity contribution in [2.45, 2.75) is 63.2 Å². The Morgan fingerprint density at radius 2 is 1.83 bits per heavy atom. The molecule has 9 heteroatoms. The molecule has 1 heterocycles. The van der Waals surface area contributed by atoms with E-state index in [0.717, 1.165) is 17.7 Å². The third kappa shape index (κ3) is 4.93. The second-order valence-electron chi connectivity index (χ2n) is 5.68. The lowest BCUT2D eigenvalue weighted by molar-refractivity contribution is -0.213. The van der Waals surface area contributed by atoms with E-state index >= 15 is 0 Å². The third-order valence-corrected chi connectivity index (χ3v) is 3.93. The zero-order valence-corrected chi connectivity index (χ0v) is 13.3. The van der Waals surface area contributed by atoms with Crippen LogP contribution in [0.5, 0.6) is 0 Å². The molecule has 1 saturated heterocycles. The van der Waals surface area contributed by atoms with Gasteiger partial charge >= 0.3 is 0 Å². The maximum absolute atomic E-state index is 12.3. The first-order valence-electron chi connectivity index (χ1n) is 7.75. The van der Waals surface area contributed by atoms with Crippen LogP contribution < -0.4 is 11.5 Å². The molecular formula is C14H27N3O6. The predicted molar refractivity (Wildman–Crippen MR) is 80.8 cm³/mol. The van der Waals surface area contributed by atoms with E-state index in [-0.39, 0.29) is 6.42 Å². The number of unbranched alkanes of at least 4 members (excludes halogenated alkanes) is 2. The number of ether oxygens (including phenoxy) is 1. The number of hydrogen-bond donors (Lipinski definition) is 5. The summed E-state index contributed by atoms with van der Waals surface area (Å²) >= 11 is 0. The summed E-state index contributed by atoms with van der Waals surface area (Å²) in [7, 11) is 0. The fourth-order valence-electron chi connectivity index (χ4n) is 2.70. The summed E-state index contributed by atoms with van der Waals surface area (Å²) in [5.41, 5.74) is 11.2. The molecule has 2 amide bonds. The number of nitrogens with zero attached hydrogens (tertiary/aromatic N) is 1. The largest absolute Gasteiger partial charge is 0.394 e. The minimum atomic E-state index is -1.49. The molecule has 1 rings (SSSR count). The smallest absolute Gasteiger partial charge is 0.229 e. The van der Waals surface area contributed by atoms with Crippen LogP contribution >= 0.6 is 0 Å². The van der Waals surface area contributed by atoms with Crippen molar-refractivity contribution in [3.63, 3.8) is 0 Å². The molecule has 5 atom stereocenters. The molecule has 0 aromatic rings. The highest BCUT2D eigenvalue weighted by molar-refractivity contribution is 5.94. The van der Waals surface area contributed by atoms with Gasteiger partial charge in [-0.3, -0.25) is 14.5 Å². The van der Waals surface area contributed by atoms with Gasteiger partial charge in [-0.15, -0.1) is 0 Å². The van der Waals surface area contributed by atoms with Crippen LogP contribution in [0, 0.1) is 0 Å². The number of carbonyl (C=O) groups excluding carboxylic acids is 2. The molecule has 0 aromatic heterocycles. The Labute approximate surface area is 135 Å². The Bertz CT molecular complexity index is 408. The third-order valence-electron chi connectivity index (χ3n) is 3.93. The summed E-state index contributed by atoms with van der Waals surface area (Å²) in [4.78, 5) is 25.0. The number of nitrogens with two attached hydrogens (primary N) is 2. The molecule has 9 nitrogen and oxygen atoms in total. The summed E-state index contributed by atoms with van der Waals surface area (Å²) < 4.78 is 5.21. The molecule has 0 aliphatic carbocycles. The van der Waals surface area contributed by atoms with Gasteiger partial charge in [0.05, 0.1) is 6.61 Å². The first-order chi connectivity index (χ1) is 10.8. The van der Waals surface area contributed by atoms with E-state index in [1.54, 1.807) is 0 Å². The standard InChI is InChI=1S/C14H27N3O6/c1-8(19)17(10(20)5-3-2-4-6-15)11-13(22)12(21)9(7-18)23-14(11)16/h9,11-14,18,21-22H,2-7,15-16H2,1H3/t9-,11-,12-,13-,14-/m1/s1. The van der Waals surface area contributed by atoms with E-state index in [4.69, 9.17) is 21.3 Å². The monoisotopic (exact) mass is 333 g/mol. The SMILES string of the molecule is CC(=O)N(C(=O)CCCCCN)[C@@H]1[C@@H](O)[C@H](O)[C@@H](CO)O[C@H]1N. The quantitative estimate of drug-likeness (QED) is 0.324. The molecule has 23 heavy (non-hydrogen) atoms. The molecule has 7 N–H and O–H groups in total. The molecule has 0 bridgehead atoms. The van der Waals surface area contributed by atoms with Crippen LogP contribution in [0.3, 0.4) is 0 Å². The fourth-order valence-corrected chi connectivity index (χ4v) is 2.70. The number of aliphatic hydroxyl groups is 3. The van der Waals surface area contributed by atoms with Crippen molar-refractivity contribution in [1.82, 2.24) is 4.90 Å². The second kappa shape index (κ2) is 9.26. The summed E-state index contributed by atoms with van der Waals surface area (Å²) in [6.45, 7) is 1.17. The second-order valence-corrected chi connectivity index (χ2v) is 5.68. The van der Waals surface area contributed by atoms with Gasteiger partial charge in [0.2, 0.25) is 11.8 Å². The Morgan fingerprint density at radius 1 is 1.17 bits per heavy atom. The molecule has 0 radical (unpaired) electrons. The number of carbonyl (C=O) groups is 2. The van der Waals surface area contributed by atoms with Crippen molar-refractivity contribution >= 4 is 11.8 Å². The summed E-state index contributed by atoms with van der Waals surface area (Å²) in [5, 5.41) is 29.2. The van der Waals surface area contributed by atoms with E-state index < -0.39 is 49.0 Å². The van der Waals surface area contributed by atoms with Crippen LogP contribution in [0.1, 0.15) is 32.6 Å². The van der Waals surface area contributed by atoms with E-state index in [1.165, 1.54) is 6.92 Å². The van der Waals surface area contributed by atoms with Gasteiger partial charge in [-0.25, -0.2) is 0 Å². The average Bonchev–Trinajstić information content (AvgIpc) is 2.50. The van der Waals surface area contributed by atoms with Crippen molar-refractivity contribution < 1.29 is 29.6 Å². The van der Waals surface area contributed by atoms with Gasteiger partial charge in [0.15, 0.2) is 0 Å². The van der Waals surface area contributed by atoms with Crippen LogP contribution in [0.4, 0.5) is 0 Å². The number of amides is 2. The number of rotatable bonds is 7. The lowest BCUT2D eigenvalue weighted by Crippen LogP contribution is -2.68. The van der Waals surface area contributed by atoms with Crippen LogP contribution in [-0.4, -0.2) is 75.8 Å². The summed E-state index contributed by atoms with van der Waals surface area (Å²) in [6.07, 6.45) is -3.01. The maximum atomic E-state index is 12.3. The lowest BCUT2D eigenvalue weighted by atomic mass is 9.94. The Hall–Kier alpha value is -1.10. The van der Waals surface area contributed by atoms with Crippen molar-refractivity contribution in [3.8, 4) is 0 Å². The Kier molecular flexibility index (Phi) is 8.03. The topological polar surface area (TPSA) is 159 Å². The molecule has 0 saturated carbocycles. The molecular weight excluding hydrogens is 306 g/mol. The van der Waals surface area contributed by atoms with E-state index in [9.17, 15) is 19.8 Å². The van der Waals surface area contributed by atoms with Gasteiger partial charge in [-0.2, -0.15) is 0 Å². The number of aliphatic hydroxyl groups excluding tert-OH is 3. The molecule has 0 aromatic carbocycles. The number of hydrogen-bond acceptors (Lipinski definition) is 8. The normalized spacial score (nSPS) is 31.0. The Balaban J connectivity index is 2.83. The van der Waals surface area contributed by atoms with Crippen molar-refractivity contribution in [2.24, 2.45) is 11.5 Å². The lowest BCUT2D eigenvalue weighted by Gasteiger charge is -2.44. The number of imide groups is 1.